The normalized spacial score (nSPS) is 10.1. The fourth-order valence-corrected chi connectivity index (χ4v) is 1.78. The molecule has 1 aromatic heterocycles. The van der Waals surface area contributed by atoms with E-state index in [2.05, 4.69) is 29.9 Å². The van der Waals surface area contributed by atoms with Crippen molar-refractivity contribution in [3.63, 3.8) is 0 Å². The Hall–Kier alpha value is -2.23. The van der Waals surface area contributed by atoms with Gasteiger partial charge in [-0.2, -0.15) is 0 Å². The van der Waals surface area contributed by atoms with E-state index in [0.717, 1.165) is 17.4 Å². The van der Waals surface area contributed by atoms with Crippen molar-refractivity contribution in [3.05, 3.63) is 48.8 Å². The van der Waals surface area contributed by atoms with Gasteiger partial charge in [-0.1, -0.05) is 12.1 Å². The highest BCUT2D eigenvalue weighted by atomic mass is 16.5. The van der Waals surface area contributed by atoms with Gasteiger partial charge in [0.05, 0.1) is 12.8 Å². The molecule has 0 radical (unpaired) electrons. The summed E-state index contributed by atoms with van der Waals surface area (Å²) >= 11 is 0. The number of hydrogen-bond acceptors (Lipinski definition) is 3. The predicted octanol–water partition coefficient (Wildman–Crippen LogP) is 2.79. The van der Waals surface area contributed by atoms with Gasteiger partial charge >= 0.3 is 0 Å². The van der Waals surface area contributed by atoms with E-state index < -0.39 is 0 Å². The summed E-state index contributed by atoms with van der Waals surface area (Å²) in [5.41, 5.74) is 2.15. The zero-order chi connectivity index (χ0) is 13.0. The number of nitrogens with one attached hydrogen (secondary N) is 1. The summed E-state index contributed by atoms with van der Waals surface area (Å²) in [4.78, 5) is 4.28. The second-order valence-electron chi connectivity index (χ2n) is 3.97. The summed E-state index contributed by atoms with van der Waals surface area (Å²) in [5, 5.41) is 3.19. The largest absolute Gasteiger partial charge is 0.495 e. The first-order valence-electron chi connectivity index (χ1n) is 5.79. The van der Waals surface area contributed by atoms with E-state index in [4.69, 9.17) is 4.74 Å². The quantitative estimate of drug-likeness (QED) is 0.821. The minimum atomic E-state index is 0.672. The number of nitrogens with zero attached hydrogens (tertiary/aromatic N) is 2. The highest BCUT2D eigenvalue weighted by Crippen LogP contribution is 2.26. The first-order chi connectivity index (χ1) is 8.76. The van der Waals surface area contributed by atoms with Gasteiger partial charge in [-0.25, -0.2) is 4.98 Å². The van der Waals surface area contributed by atoms with Gasteiger partial charge in [0.2, 0.25) is 5.95 Å². The van der Waals surface area contributed by atoms with Crippen molar-refractivity contribution in [1.29, 1.82) is 0 Å². The van der Waals surface area contributed by atoms with Gasteiger partial charge in [0, 0.05) is 18.9 Å². The summed E-state index contributed by atoms with van der Waals surface area (Å²) in [5.74, 6) is 1.60. The minimum Gasteiger partial charge on any atom is -0.495 e. The number of aromatic nitrogens is 2. The van der Waals surface area contributed by atoms with Gasteiger partial charge in [0.1, 0.15) is 5.75 Å². The Bertz CT molecular complexity index is 546. The molecule has 0 aliphatic rings. The Morgan fingerprint density at radius 1 is 1.50 bits per heavy atom. The van der Waals surface area contributed by atoms with Crippen molar-refractivity contribution in [2.45, 2.75) is 6.92 Å². The Labute approximate surface area is 107 Å². The number of imidazole rings is 1. The average molecular weight is 243 g/mol. The molecule has 1 heterocycles. The molecular formula is C14H17N3O. The third kappa shape index (κ3) is 2.37. The van der Waals surface area contributed by atoms with Crippen LogP contribution in [0.2, 0.25) is 0 Å². The second-order valence-corrected chi connectivity index (χ2v) is 3.97. The summed E-state index contributed by atoms with van der Waals surface area (Å²) < 4.78 is 7.35. The highest BCUT2D eigenvalue weighted by Gasteiger charge is 2.09. The van der Waals surface area contributed by atoms with Gasteiger partial charge in [-0.05, 0) is 24.6 Å². The minimum absolute atomic E-state index is 0.672. The SMILES string of the molecule is C=CCNc1nccn1-c1cc(C)ccc1OC. The average Bonchev–Trinajstić information content (AvgIpc) is 2.84. The van der Waals surface area contributed by atoms with Crippen molar-refractivity contribution in [2.75, 3.05) is 19.0 Å². The van der Waals surface area contributed by atoms with Crippen LogP contribution in [-0.4, -0.2) is 23.2 Å². The molecule has 94 valence electrons. The summed E-state index contributed by atoms with van der Waals surface area (Å²) in [6, 6.07) is 6.05. The van der Waals surface area contributed by atoms with Crippen LogP contribution in [0.3, 0.4) is 0 Å². The van der Waals surface area contributed by atoms with Gasteiger partial charge < -0.3 is 10.1 Å². The maximum atomic E-state index is 5.39. The Morgan fingerprint density at radius 3 is 3.06 bits per heavy atom. The van der Waals surface area contributed by atoms with Crippen molar-refractivity contribution < 1.29 is 4.74 Å². The summed E-state index contributed by atoms with van der Waals surface area (Å²) in [6.07, 6.45) is 5.46. The number of anilines is 1. The third-order valence-corrected chi connectivity index (χ3v) is 2.64. The zero-order valence-corrected chi connectivity index (χ0v) is 10.7. The molecule has 0 aliphatic carbocycles. The fraction of sp³-hybridized carbons (Fsp3) is 0.214. The van der Waals surface area contributed by atoms with Crippen LogP contribution in [-0.2, 0) is 0 Å². The van der Waals surface area contributed by atoms with Crippen LogP contribution in [0.15, 0.2) is 43.2 Å². The Balaban J connectivity index is 2.44. The number of benzene rings is 1. The van der Waals surface area contributed by atoms with Gasteiger partial charge in [0.15, 0.2) is 0 Å². The van der Waals surface area contributed by atoms with Crippen LogP contribution in [0.5, 0.6) is 5.75 Å². The molecular weight excluding hydrogens is 226 g/mol. The van der Waals surface area contributed by atoms with Crippen molar-refractivity contribution >= 4 is 5.95 Å². The second kappa shape index (κ2) is 5.40. The van der Waals surface area contributed by atoms with Crippen LogP contribution in [0, 0.1) is 6.92 Å². The first-order valence-corrected chi connectivity index (χ1v) is 5.79. The molecule has 1 aromatic carbocycles. The molecule has 0 saturated carbocycles. The number of rotatable bonds is 5. The smallest absolute Gasteiger partial charge is 0.207 e. The monoisotopic (exact) mass is 243 g/mol. The van der Waals surface area contributed by atoms with E-state index in [9.17, 15) is 0 Å². The summed E-state index contributed by atoms with van der Waals surface area (Å²) in [7, 11) is 1.67. The maximum Gasteiger partial charge on any atom is 0.207 e. The Morgan fingerprint density at radius 2 is 2.33 bits per heavy atom. The van der Waals surface area contributed by atoms with Gasteiger partial charge in [-0.15, -0.1) is 6.58 Å². The predicted molar refractivity (Wildman–Crippen MR) is 73.5 cm³/mol. The van der Waals surface area contributed by atoms with Crippen molar-refractivity contribution in [1.82, 2.24) is 9.55 Å². The molecule has 1 N–H and O–H groups in total. The molecule has 4 nitrogen and oxygen atoms in total. The lowest BCUT2D eigenvalue weighted by Gasteiger charge is -2.13. The first kappa shape index (κ1) is 12.2. The van der Waals surface area contributed by atoms with Gasteiger partial charge in [0.25, 0.3) is 0 Å². The molecule has 0 bridgehead atoms. The molecule has 0 saturated heterocycles. The molecule has 0 unspecified atom stereocenters. The molecule has 2 rings (SSSR count). The third-order valence-electron chi connectivity index (χ3n) is 2.64. The van der Waals surface area contributed by atoms with E-state index in [-0.39, 0.29) is 0 Å². The number of methoxy groups -OCH3 is 1. The van der Waals surface area contributed by atoms with Crippen LogP contribution in [0.1, 0.15) is 5.56 Å². The van der Waals surface area contributed by atoms with E-state index in [0.29, 0.717) is 6.54 Å². The molecule has 18 heavy (non-hydrogen) atoms. The number of aryl methyl sites for hydroxylation is 1. The lowest BCUT2D eigenvalue weighted by atomic mass is 10.2. The number of ether oxygens (including phenoxy) is 1. The standard InChI is InChI=1S/C14H17N3O/c1-4-7-15-14-16-8-9-17(14)12-10-11(2)5-6-13(12)18-3/h4-6,8-10H,1,7H2,2-3H3,(H,15,16). The molecule has 0 spiro atoms. The Kier molecular flexibility index (Phi) is 3.67. The molecule has 0 fully saturated rings. The zero-order valence-electron chi connectivity index (χ0n) is 10.7. The van der Waals surface area contributed by atoms with E-state index in [1.54, 1.807) is 19.4 Å². The van der Waals surface area contributed by atoms with Crippen LogP contribution in [0.25, 0.3) is 5.69 Å². The number of hydrogen-bond donors (Lipinski definition) is 1. The van der Waals surface area contributed by atoms with E-state index in [1.807, 2.05) is 22.9 Å². The van der Waals surface area contributed by atoms with Crippen LogP contribution < -0.4 is 10.1 Å². The molecule has 4 heteroatoms. The topological polar surface area (TPSA) is 39.1 Å². The van der Waals surface area contributed by atoms with Crippen LogP contribution in [0.4, 0.5) is 5.95 Å². The highest BCUT2D eigenvalue weighted by molar-refractivity contribution is 5.53. The van der Waals surface area contributed by atoms with Crippen molar-refractivity contribution in [3.8, 4) is 11.4 Å². The fourth-order valence-electron chi connectivity index (χ4n) is 1.78. The molecule has 0 amide bonds. The van der Waals surface area contributed by atoms with E-state index in [1.165, 1.54) is 5.56 Å². The molecule has 2 aromatic rings. The summed E-state index contributed by atoms with van der Waals surface area (Å²) in [6.45, 7) is 6.41. The molecule has 0 aliphatic heterocycles. The van der Waals surface area contributed by atoms with Crippen LogP contribution >= 0.6 is 0 Å². The molecule has 0 atom stereocenters. The van der Waals surface area contributed by atoms with Crippen molar-refractivity contribution in [2.24, 2.45) is 0 Å². The maximum absolute atomic E-state index is 5.39. The van der Waals surface area contributed by atoms with Gasteiger partial charge in [-0.3, -0.25) is 4.57 Å². The van der Waals surface area contributed by atoms with E-state index >= 15 is 0 Å². The lowest BCUT2D eigenvalue weighted by Crippen LogP contribution is -2.06. The lowest BCUT2D eigenvalue weighted by molar-refractivity contribution is 0.413.